The van der Waals surface area contributed by atoms with E-state index in [-0.39, 0.29) is 10.7 Å². The lowest BCUT2D eigenvalue weighted by atomic mass is 10.0. The van der Waals surface area contributed by atoms with Gasteiger partial charge in [-0.3, -0.25) is 19.4 Å². The van der Waals surface area contributed by atoms with Crippen molar-refractivity contribution in [1.82, 2.24) is 0 Å². The van der Waals surface area contributed by atoms with Crippen molar-refractivity contribution in [1.29, 1.82) is 0 Å². The van der Waals surface area contributed by atoms with Crippen LogP contribution in [0.4, 0.5) is 11.4 Å². The van der Waals surface area contributed by atoms with Gasteiger partial charge in [0.15, 0.2) is 5.11 Å². The average molecular weight is 604 g/mol. The minimum absolute atomic E-state index is 0.0362. The first-order valence-electron chi connectivity index (χ1n) is 11.6. The van der Waals surface area contributed by atoms with Gasteiger partial charge in [0.05, 0.1) is 16.4 Å². The fourth-order valence-electron chi connectivity index (χ4n) is 3.97. The van der Waals surface area contributed by atoms with Crippen LogP contribution in [0, 0.1) is 0 Å². The quantitative estimate of drug-likeness (QED) is 0.131. The second kappa shape index (κ2) is 11.3. The Morgan fingerprint density at radius 2 is 1.34 bits per heavy atom. The van der Waals surface area contributed by atoms with Gasteiger partial charge >= 0.3 is 0 Å². The van der Waals surface area contributed by atoms with Crippen LogP contribution in [-0.4, -0.2) is 16.9 Å². The Bertz CT molecular complexity index is 1480. The van der Waals surface area contributed by atoms with Crippen LogP contribution in [0.1, 0.15) is 11.1 Å². The molecule has 0 aliphatic carbocycles. The van der Waals surface area contributed by atoms with Crippen LogP contribution in [0.25, 0.3) is 6.08 Å². The number of rotatable bonds is 6. The number of hydrogen-bond acceptors (Lipinski definition) is 4. The smallest absolute Gasteiger partial charge is 0.270 e. The molecule has 0 N–H and O–H groups in total. The molecule has 5 nitrogen and oxygen atoms in total. The zero-order valence-corrected chi connectivity index (χ0v) is 23.0. The first-order valence-corrected chi connectivity index (χ1v) is 13.2. The summed E-state index contributed by atoms with van der Waals surface area (Å²) in [5.74, 6) is -0.522. The number of halogens is 2. The number of carbonyl (C=O) groups excluding carboxylic acids is 2. The van der Waals surface area contributed by atoms with Gasteiger partial charge in [0.25, 0.3) is 11.8 Å². The van der Waals surface area contributed by atoms with Crippen molar-refractivity contribution in [3.63, 3.8) is 0 Å². The van der Waals surface area contributed by atoms with Crippen LogP contribution in [0.2, 0.25) is 5.02 Å². The number of amides is 2. The van der Waals surface area contributed by atoms with E-state index < -0.39 is 11.8 Å². The van der Waals surface area contributed by atoms with Gasteiger partial charge in [0.1, 0.15) is 17.9 Å². The van der Waals surface area contributed by atoms with Gasteiger partial charge in [-0.2, -0.15) is 0 Å². The maximum atomic E-state index is 13.6. The van der Waals surface area contributed by atoms with Crippen LogP contribution in [0.3, 0.4) is 0 Å². The highest BCUT2D eigenvalue weighted by molar-refractivity contribution is 9.10. The molecular weight excluding hydrogens is 584 g/mol. The standard InChI is InChI=1S/C30H20BrClN2O3S/c31-22-14-11-20(12-15-22)19-37-27-16-13-21(18-26(27)32)17-25-28(35)33(23-7-3-1-4-8-23)30(38)34(29(25)36)24-9-5-2-6-10-24/h1-18H,19H2. The largest absolute Gasteiger partial charge is 0.487 e. The Kier molecular flexibility index (Phi) is 7.69. The van der Waals surface area contributed by atoms with E-state index in [0.717, 1.165) is 10.0 Å². The van der Waals surface area contributed by atoms with E-state index >= 15 is 0 Å². The summed E-state index contributed by atoms with van der Waals surface area (Å²) in [6.45, 7) is 0.347. The molecule has 1 fully saturated rings. The van der Waals surface area contributed by atoms with E-state index in [9.17, 15) is 9.59 Å². The van der Waals surface area contributed by atoms with E-state index in [1.54, 1.807) is 42.5 Å². The van der Waals surface area contributed by atoms with Crippen molar-refractivity contribution >= 4 is 74.1 Å². The molecular formula is C30H20BrClN2O3S. The van der Waals surface area contributed by atoms with Crippen LogP contribution < -0.4 is 14.5 Å². The number of benzene rings is 4. The molecule has 0 unspecified atom stereocenters. The molecule has 188 valence electrons. The second-order valence-electron chi connectivity index (χ2n) is 8.40. The first-order chi connectivity index (χ1) is 18.4. The highest BCUT2D eigenvalue weighted by Gasteiger charge is 2.41. The fraction of sp³-hybridized carbons (Fsp3) is 0.0333. The Morgan fingerprint density at radius 3 is 1.87 bits per heavy atom. The topological polar surface area (TPSA) is 49.9 Å². The summed E-state index contributed by atoms with van der Waals surface area (Å²) in [7, 11) is 0. The Labute approximate surface area is 239 Å². The molecule has 2 amide bonds. The highest BCUT2D eigenvalue weighted by atomic mass is 79.9. The van der Waals surface area contributed by atoms with E-state index in [4.69, 9.17) is 28.6 Å². The summed E-state index contributed by atoms with van der Waals surface area (Å²) in [5, 5.41) is 0.451. The molecule has 0 bridgehead atoms. The average Bonchev–Trinajstić information content (AvgIpc) is 2.93. The normalized spacial score (nSPS) is 13.6. The van der Waals surface area contributed by atoms with Crippen molar-refractivity contribution in [2.75, 3.05) is 9.80 Å². The number of para-hydroxylation sites is 2. The van der Waals surface area contributed by atoms with Crippen LogP contribution in [0.15, 0.2) is 113 Å². The third-order valence-corrected chi connectivity index (χ3v) is 7.04. The second-order valence-corrected chi connectivity index (χ2v) is 10.1. The fourth-order valence-corrected chi connectivity index (χ4v) is 4.86. The highest BCUT2D eigenvalue weighted by Crippen LogP contribution is 2.32. The van der Waals surface area contributed by atoms with Gasteiger partial charge in [-0.1, -0.05) is 82.1 Å². The zero-order chi connectivity index (χ0) is 26.6. The molecule has 1 aliphatic rings. The van der Waals surface area contributed by atoms with Gasteiger partial charge in [-0.25, -0.2) is 0 Å². The number of hydrogen-bond donors (Lipinski definition) is 0. The Balaban J connectivity index is 1.47. The minimum Gasteiger partial charge on any atom is -0.487 e. The third-order valence-electron chi connectivity index (χ3n) is 5.85. The number of thiocarbonyl (C=S) groups is 1. The summed E-state index contributed by atoms with van der Waals surface area (Å²) in [6.07, 6.45) is 1.53. The number of anilines is 2. The zero-order valence-electron chi connectivity index (χ0n) is 19.9. The summed E-state index contributed by atoms with van der Waals surface area (Å²) in [4.78, 5) is 30.0. The van der Waals surface area contributed by atoms with Crippen molar-refractivity contribution < 1.29 is 14.3 Å². The van der Waals surface area contributed by atoms with Crippen LogP contribution >= 0.6 is 39.7 Å². The molecule has 0 aromatic heterocycles. The van der Waals surface area contributed by atoms with Crippen LogP contribution in [-0.2, 0) is 16.2 Å². The Morgan fingerprint density at radius 1 is 0.789 bits per heavy atom. The SMILES string of the molecule is O=C1C(=Cc2ccc(OCc3ccc(Br)cc3)c(Cl)c2)C(=O)N(c2ccccc2)C(=S)N1c1ccccc1. The molecule has 38 heavy (non-hydrogen) atoms. The lowest BCUT2D eigenvalue weighted by Crippen LogP contribution is -2.56. The van der Waals surface area contributed by atoms with E-state index in [1.165, 1.54) is 15.9 Å². The van der Waals surface area contributed by atoms with E-state index in [2.05, 4.69) is 15.9 Å². The summed E-state index contributed by atoms with van der Waals surface area (Å²) in [6, 6.07) is 31.0. The summed E-state index contributed by atoms with van der Waals surface area (Å²) >= 11 is 15.6. The summed E-state index contributed by atoms with van der Waals surface area (Å²) in [5.41, 5.74) is 2.67. The third kappa shape index (κ3) is 5.41. The van der Waals surface area contributed by atoms with Crippen molar-refractivity contribution in [3.05, 3.63) is 129 Å². The minimum atomic E-state index is -0.509. The molecule has 0 radical (unpaired) electrons. The van der Waals surface area contributed by atoms with Crippen molar-refractivity contribution in [2.24, 2.45) is 0 Å². The van der Waals surface area contributed by atoms with Gasteiger partial charge in [0.2, 0.25) is 0 Å². The number of carbonyl (C=O) groups is 2. The Hall–Kier alpha value is -3.78. The van der Waals surface area contributed by atoms with E-state index in [0.29, 0.717) is 34.3 Å². The van der Waals surface area contributed by atoms with Crippen molar-refractivity contribution in [2.45, 2.75) is 6.61 Å². The molecule has 0 saturated carbocycles. The molecule has 1 aliphatic heterocycles. The predicted molar refractivity (Wildman–Crippen MR) is 158 cm³/mol. The first kappa shape index (κ1) is 25.9. The van der Waals surface area contributed by atoms with Gasteiger partial charge < -0.3 is 4.74 Å². The molecule has 0 atom stereocenters. The molecule has 4 aromatic carbocycles. The maximum Gasteiger partial charge on any atom is 0.270 e. The van der Waals surface area contributed by atoms with Gasteiger partial charge in [-0.15, -0.1) is 0 Å². The summed E-state index contributed by atoms with van der Waals surface area (Å²) < 4.78 is 6.87. The van der Waals surface area contributed by atoms with Gasteiger partial charge in [0, 0.05) is 4.47 Å². The van der Waals surface area contributed by atoms with Crippen molar-refractivity contribution in [3.8, 4) is 5.75 Å². The lowest BCUT2D eigenvalue weighted by Gasteiger charge is -2.36. The molecule has 8 heteroatoms. The maximum absolute atomic E-state index is 13.6. The van der Waals surface area contributed by atoms with E-state index in [1.807, 2.05) is 60.7 Å². The predicted octanol–water partition coefficient (Wildman–Crippen LogP) is 7.43. The number of ether oxygens (including phenoxy) is 1. The molecule has 1 saturated heterocycles. The number of nitrogens with zero attached hydrogens (tertiary/aromatic N) is 2. The molecule has 0 spiro atoms. The molecule has 4 aromatic rings. The monoisotopic (exact) mass is 602 g/mol. The molecule has 5 rings (SSSR count). The molecule has 1 heterocycles. The van der Waals surface area contributed by atoms with Gasteiger partial charge in [-0.05, 0) is 78.0 Å². The lowest BCUT2D eigenvalue weighted by molar-refractivity contribution is -0.120. The van der Waals surface area contributed by atoms with Crippen LogP contribution in [0.5, 0.6) is 5.75 Å².